The smallest absolute Gasteiger partial charge is 0.363 e. The van der Waals surface area contributed by atoms with Crippen molar-refractivity contribution in [2.45, 2.75) is 39.5 Å². The SMILES string of the molecule is CCCCCCOc1ccccc1/C=C1/N=C(c2ccc(C)cc2)OC1=O. The molecule has 2 aromatic carbocycles. The van der Waals surface area contributed by atoms with E-state index in [1.807, 2.05) is 55.5 Å². The number of esters is 1. The van der Waals surface area contributed by atoms with Crippen LogP contribution in [0.4, 0.5) is 0 Å². The summed E-state index contributed by atoms with van der Waals surface area (Å²) >= 11 is 0. The molecule has 1 heterocycles. The molecule has 0 N–H and O–H groups in total. The van der Waals surface area contributed by atoms with Crippen LogP contribution in [0.15, 0.2) is 59.2 Å². The minimum atomic E-state index is -0.441. The molecular formula is C23H25NO3. The van der Waals surface area contributed by atoms with Gasteiger partial charge in [-0.15, -0.1) is 0 Å². The molecule has 140 valence electrons. The van der Waals surface area contributed by atoms with Crippen molar-refractivity contribution in [2.24, 2.45) is 4.99 Å². The summed E-state index contributed by atoms with van der Waals surface area (Å²) in [5.74, 6) is 0.654. The molecule has 1 aliphatic rings. The summed E-state index contributed by atoms with van der Waals surface area (Å²) in [6.45, 7) is 4.87. The Bertz CT molecular complexity index is 850. The second-order valence-corrected chi connectivity index (χ2v) is 6.65. The van der Waals surface area contributed by atoms with Gasteiger partial charge in [0, 0.05) is 11.1 Å². The molecule has 0 unspecified atom stereocenters. The summed E-state index contributed by atoms with van der Waals surface area (Å²) in [6.07, 6.45) is 6.33. The topological polar surface area (TPSA) is 47.9 Å². The fraction of sp³-hybridized carbons (Fsp3) is 0.304. The monoisotopic (exact) mass is 363 g/mol. The highest BCUT2D eigenvalue weighted by molar-refractivity contribution is 6.12. The summed E-state index contributed by atoms with van der Waals surface area (Å²) in [7, 11) is 0. The Morgan fingerprint density at radius 1 is 1.04 bits per heavy atom. The van der Waals surface area contributed by atoms with Gasteiger partial charge in [-0.25, -0.2) is 9.79 Å². The molecule has 0 atom stereocenters. The summed E-state index contributed by atoms with van der Waals surface area (Å²) in [5.41, 5.74) is 3.05. The molecule has 3 rings (SSSR count). The molecular weight excluding hydrogens is 338 g/mol. The van der Waals surface area contributed by atoms with Crippen molar-refractivity contribution < 1.29 is 14.3 Å². The van der Waals surface area contributed by atoms with Gasteiger partial charge in [0.05, 0.1) is 6.61 Å². The molecule has 0 radical (unpaired) electrons. The molecule has 4 nitrogen and oxygen atoms in total. The number of hydrogen-bond acceptors (Lipinski definition) is 4. The van der Waals surface area contributed by atoms with Crippen LogP contribution >= 0.6 is 0 Å². The van der Waals surface area contributed by atoms with Crippen LogP contribution in [-0.4, -0.2) is 18.5 Å². The minimum Gasteiger partial charge on any atom is -0.493 e. The first-order valence-corrected chi connectivity index (χ1v) is 9.49. The Morgan fingerprint density at radius 2 is 1.81 bits per heavy atom. The molecule has 0 saturated heterocycles. The average molecular weight is 363 g/mol. The van der Waals surface area contributed by atoms with Gasteiger partial charge < -0.3 is 9.47 Å². The molecule has 2 aromatic rings. The van der Waals surface area contributed by atoms with Gasteiger partial charge in [-0.1, -0.05) is 62.1 Å². The quantitative estimate of drug-likeness (QED) is 0.363. The number of cyclic esters (lactones) is 1. The van der Waals surface area contributed by atoms with E-state index in [0.29, 0.717) is 12.5 Å². The van der Waals surface area contributed by atoms with Crippen molar-refractivity contribution in [2.75, 3.05) is 6.61 Å². The third kappa shape index (κ3) is 5.07. The summed E-state index contributed by atoms with van der Waals surface area (Å²) < 4.78 is 11.2. The van der Waals surface area contributed by atoms with E-state index in [4.69, 9.17) is 9.47 Å². The lowest BCUT2D eigenvalue weighted by atomic mass is 10.1. The standard InChI is InChI=1S/C23H25NO3/c1-3-4-5-8-15-26-21-10-7-6-9-19(21)16-20-23(25)27-22(24-20)18-13-11-17(2)12-14-18/h6-7,9-14,16H,3-5,8,15H2,1-2H3/b20-16+. The van der Waals surface area contributed by atoms with Crippen LogP contribution in [0.5, 0.6) is 5.75 Å². The molecule has 0 aliphatic carbocycles. The third-order valence-electron chi connectivity index (χ3n) is 4.39. The van der Waals surface area contributed by atoms with E-state index in [9.17, 15) is 4.79 Å². The van der Waals surface area contributed by atoms with Gasteiger partial charge in [-0.3, -0.25) is 0 Å². The highest BCUT2D eigenvalue weighted by Gasteiger charge is 2.24. The van der Waals surface area contributed by atoms with Crippen LogP contribution in [0.1, 0.15) is 49.3 Å². The van der Waals surface area contributed by atoms with Crippen LogP contribution in [0.25, 0.3) is 6.08 Å². The van der Waals surface area contributed by atoms with Gasteiger partial charge in [0.15, 0.2) is 5.70 Å². The predicted molar refractivity (Wildman–Crippen MR) is 108 cm³/mol. The van der Waals surface area contributed by atoms with Gasteiger partial charge in [0.2, 0.25) is 5.90 Å². The highest BCUT2D eigenvalue weighted by atomic mass is 16.6. The van der Waals surface area contributed by atoms with E-state index < -0.39 is 5.97 Å². The number of nitrogens with zero attached hydrogens (tertiary/aromatic N) is 1. The van der Waals surface area contributed by atoms with Crippen molar-refractivity contribution in [1.29, 1.82) is 0 Å². The van der Waals surface area contributed by atoms with Crippen molar-refractivity contribution >= 4 is 17.9 Å². The number of unbranched alkanes of at least 4 members (excludes halogenated alkanes) is 3. The lowest BCUT2D eigenvalue weighted by Crippen LogP contribution is -2.05. The first-order chi connectivity index (χ1) is 13.2. The fourth-order valence-corrected chi connectivity index (χ4v) is 2.82. The van der Waals surface area contributed by atoms with Crippen LogP contribution in [0.3, 0.4) is 0 Å². The minimum absolute atomic E-state index is 0.285. The fourth-order valence-electron chi connectivity index (χ4n) is 2.82. The first-order valence-electron chi connectivity index (χ1n) is 9.49. The van der Waals surface area contributed by atoms with E-state index in [0.717, 1.165) is 35.3 Å². The molecule has 0 bridgehead atoms. The molecule has 0 aromatic heterocycles. The van der Waals surface area contributed by atoms with E-state index in [1.165, 1.54) is 12.8 Å². The van der Waals surface area contributed by atoms with E-state index in [-0.39, 0.29) is 5.70 Å². The Labute approximate surface area is 160 Å². The molecule has 27 heavy (non-hydrogen) atoms. The second kappa shape index (κ2) is 9.17. The van der Waals surface area contributed by atoms with Gasteiger partial charge in [0.25, 0.3) is 0 Å². The molecule has 0 spiro atoms. The number of hydrogen-bond donors (Lipinski definition) is 0. The van der Waals surface area contributed by atoms with Crippen LogP contribution in [0.2, 0.25) is 0 Å². The Kier molecular flexibility index (Phi) is 6.42. The number of ether oxygens (including phenoxy) is 2. The van der Waals surface area contributed by atoms with Crippen molar-refractivity contribution in [1.82, 2.24) is 0 Å². The lowest BCUT2D eigenvalue weighted by Gasteiger charge is -2.09. The lowest BCUT2D eigenvalue weighted by molar-refractivity contribution is -0.129. The van der Waals surface area contributed by atoms with Gasteiger partial charge in [0.1, 0.15) is 5.75 Å². The number of aryl methyl sites for hydroxylation is 1. The number of carbonyl (C=O) groups excluding carboxylic acids is 1. The Morgan fingerprint density at radius 3 is 2.59 bits per heavy atom. The summed E-state index contributed by atoms with van der Waals surface area (Å²) in [4.78, 5) is 16.6. The summed E-state index contributed by atoms with van der Waals surface area (Å²) in [6, 6.07) is 15.4. The van der Waals surface area contributed by atoms with Crippen LogP contribution < -0.4 is 4.74 Å². The zero-order valence-electron chi connectivity index (χ0n) is 15.9. The van der Waals surface area contributed by atoms with Crippen molar-refractivity contribution in [3.8, 4) is 5.75 Å². The van der Waals surface area contributed by atoms with Gasteiger partial charge >= 0.3 is 5.97 Å². The predicted octanol–water partition coefficient (Wildman–Crippen LogP) is 5.30. The number of rotatable bonds is 8. The second-order valence-electron chi connectivity index (χ2n) is 6.65. The van der Waals surface area contributed by atoms with E-state index in [1.54, 1.807) is 6.08 Å². The Hall–Kier alpha value is -2.88. The number of benzene rings is 2. The number of para-hydroxylation sites is 1. The summed E-state index contributed by atoms with van der Waals surface area (Å²) in [5, 5.41) is 0. The molecule has 0 saturated carbocycles. The molecule has 0 fully saturated rings. The molecule has 4 heteroatoms. The zero-order chi connectivity index (χ0) is 19.1. The number of aliphatic imine (C=N–C) groups is 1. The third-order valence-corrected chi connectivity index (χ3v) is 4.39. The maximum atomic E-state index is 12.2. The maximum absolute atomic E-state index is 12.2. The van der Waals surface area contributed by atoms with Crippen molar-refractivity contribution in [3.05, 3.63) is 70.9 Å². The van der Waals surface area contributed by atoms with Crippen LogP contribution in [-0.2, 0) is 9.53 Å². The normalized spacial score (nSPS) is 15.0. The largest absolute Gasteiger partial charge is 0.493 e. The number of carbonyl (C=O) groups is 1. The highest BCUT2D eigenvalue weighted by Crippen LogP contribution is 2.25. The maximum Gasteiger partial charge on any atom is 0.363 e. The van der Waals surface area contributed by atoms with Gasteiger partial charge in [-0.2, -0.15) is 0 Å². The Balaban J connectivity index is 1.75. The van der Waals surface area contributed by atoms with Gasteiger partial charge in [-0.05, 0) is 37.6 Å². The van der Waals surface area contributed by atoms with E-state index in [2.05, 4.69) is 11.9 Å². The molecule has 0 amide bonds. The van der Waals surface area contributed by atoms with E-state index >= 15 is 0 Å². The average Bonchev–Trinajstić information content (AvgIpc) is 3.04. The van der Waals surface area contributed by atoms with Crippen molar-refractivity contribution in [3.63, 3.8) is 0 Å². The van der Waals surface area contributed by atoms with Crippen LogP contribution in [0, 0.1) is 6.92 Å². The zero-order valence-corrected chi connectivity index (χ0v) is 15.9. The molecule has 1 aliphatic heterocycles. The first kappa shape index (κ1) is 18.9.